The molecule has 0 aliphatic carbocycles. The zero-order valence-electron chi connectivity index (χ0n) is 8.11. The van der Waals surface area contributed by atoms with Crippen LogP contribution in [0, 0.1) is 11.3 Å². The highest BCUT2D eigenvalue weighted by molar-refractivity contribution is 9.10. The fourth-order valence-electron chi connectivity index (χ4n) is 1.06. The molecule has 15 heavy (non-hydrogen) atoms. The van der Waals surface area contributed by atoms with Gasteiger partial charge in [-0.15, -0.1) is 0 Å². The molecule has 0 N–H and O–H groups in total. The molecule has 78 valence electrons. The maximum Gasteiger partial charge on any atom is 0.329 e. The SMILES string of the molecule is CCOC(=O)C(C#N)c1ncccc1Br. The van der Waals surface area contributed by atoms with Crippen LogP contribution in [0.3, 0.4) is 0 Å². The summed E-state index contributed by atoms with van der Waals surface area (Å²) in [5, 5.41) is 8.89. The number of nitriles is 1. The first-order valence-electron chi connectivity index (χ1n) is 4.37. The van der Waals surface area contributed by atoms with Crippen molar-refractivity contribution in [3.8, 4) is 6.07 Å². The van der Waals surface area contributed by atoms with Gasteiger partial charge in [0, 0.05) is 10.7 Å². The van der Waals surface area contributed by atoms with Crippen molar-refractivity contribution in [2.75, 3.05) is 6.61 Å². The number of carbonyl (C=O) groups is 1. The summed E-state index contributed by atoms with van der Waals surface area (Å²) in [6.07, 6.45) is 1.53. The van der Waals surface area contributed by atoms with E-state index >= 15 is 0 Å². The van der Waals surface area contributed by atoms with E-state index in [4.69, 9.17) is 10.00 Å². The summed E-state index contributed by atoms with van der Waals surface area (Å²) in [5.74, 6) is -1.54. The Hall–Kier alpha value is -1.41. The highest BCUT2D eigenvalue weighted by Gasteiger charge is 2.24. The van der Waals surface area contributed by atoms with E-state index < -0.39 is 11.9 Å². The number of ether oxygens (including phenoxy) is 1. The van der Waals surface area contributed by atoms with Crippen LogP contribution in [0.15, 0.2) is 22.8 Å². The highest BCUT2D eigenvalue weighted by Crippen LogP contribution is 2.22. The first-order valence-corrected chi connectivity index (χ1v) is 5.16. The summed E-state index contributed by atoms with van der Waals surface area (Å²) in [7, 11) is 0. The Bertz CT molecular complexity index is 401. The molecule has 4 nitrogen and oxygen atoms in total. The molecule has 5 heteroatoms. The summed E-state index contributed by atoms with van der Waals surface area (Å²) in [6, 6.07) is 5.32. The fourth-order valence-corrected chi connectivity index (χ4v) is 1.55. The Labute approximate surface area is 96.0 Å². The predicted octanol–water partition coefficient (Wildman–Crippen LogP) is 2.01. The topological polar surface area (TPSA) is 63.0 Å². The Kier molecular flexibility index (Phi) is 4.25. The molecular weight excluding hydrogens is 260 g/mol. The summed E-state index contributed by atoms with van der Waals surface area (Å²) in [4.78, 5) is 15.4. The fraction of sp³-hybridized carbons (Fsp3) is 0.300. The van der Waals surface area contributed by atoms with E-state index in [9.17, 15) is 4.79 Å². The number of halogens is 1. The first kappa shape index (κ1) is 11.7. The van der Waals surface area contributed by atoms with E-state index in [0.29, 0.717) is 10.2 Å². The molecular formula is C10H9BrN2O2. The Balaban J connectivity index is 2.99. The Morgan fingerprint density at radius 2 is 2.53 bits per heavy atom. The first-order chi connectivity index (χ1) is 7.20. The number of esters is 1. The molecule has 0 aliphatic heterocycles. The van der Waals surface area contributed by atoms with Gasteiger partial charge in [0.1, 0.15) is 0 Å². The van der Waals surface area contributed by atoms with E-state index in [1.165, 1.54) is 6.20 Å². The molecule has 0 bridgehead atoms. The van der Waals surface area contributed by atoms with Gasteiger partial charge in [0.15, 0.2) is 5.92 Å². The van der Waals surface area contributed by atoms with Gasteiger partial charge in [-0.2, -0.15) is 5.26 Å². The smallest absolute Gasteiger partial charge is 0.329 e. The van der Waals surface area contributed by atoms with Gasteiger partial charge >= 0.3 is 5.97 Å². The molecule has 1 heterocycles. The lowest BCUT2D eigenvalue weighted by atomic mass is 10.1. The quantitative estimate of drug-likeness (QED) is 0.787. The molecule has 0 saturated heterocycles. The molecule has 0 aliphatic rings. The average Bonchev–Trinajstić information content (AvgIpc) is 2.22. The van der Waals surface area contributed by atoms with E-state index in [-0.39, 0.29) is 6.61 Å². The van der Waals surface area contributed by atoms with Crippen LogP contribution in [0.4, 0.5) is 0 Å². The zero-order valence-corrected chi connectivity index (χ0v) is 9.69. The van der Waals surface area contributed by atoms with Crippen LogP contribution in [0.5, 0.6) is 0 Å². The number of aromatic nitrogens is 1. The van der Waals surface area contributed by atoms with Crippen LogP contribution in [0.1, 0.15) is 18.5 Å². The maximum absolute atomic E-state index is 11.4. The number of hydrogen-bond donors (Lipinski definition) is 0. The van der Waals surface area contributed by atoms with Gasteiger partial charge in [0.05, 0.1) is 18.4 Å². The monoisotopic (exact) mass is 268 g/mol. The molecule has 1 aromatic rings. The van der Waals surface area contributed by atoms with Crippen LogP contribution in [0.2, 0.25) is 0 Å². The molecule has 0 radical (unpaired) electrons. The average molecular weight is 269 g/mol. The molecule has 0 amide bonds. The van der Waals surface area contributed by atoms with Crippen LogP contribution in [0.25, 0.3) is 0 Å². The lowest BCUT2D eigenvalue weighted by molar-refractivity contribution is -0.143. The lowest BCUT2D eigenvalue weighted by Crippen LogP contribution is -2.16. The minimum Gasteiger partial charge on any atom is -0.465 e. The second-order valence-corrected chi connectivity index (χ2v) is 3.54. The van der Waals surface area contributed by atoms with Gasteiger partial charge < -0.3 is 4.74 Å². The third-order valence-corrected chi connectivity index (χ3v) is 2.38. The van der Waals surface area contributed by atoms with Crippen molar-refractivity contribution >= 4 is 21.9 Å². The molecule has 0 saturated carbocycles. The third-order valence-electron chi connectivity index (χ3n) is 1.71. The summed E-state index contributed by atoms with van der Waals surface area (Å²) < 4.78 is 5.41. The molecule has 0 aromatic carbocycles. The minimum absolute atomic E-state index is 0.251. The van der Waals surface area contributed by atoms with Crippen LogP contribution < -0.4 is 0 Å². The Morgan fingerprint density at radius 1 is 1.80 bits per heavy atom. The highest BCUT2D eigenvalue weighted by atomic mass is 79.9. The summed E-state index contributed by atoms with van der Waals surface area (Å²) in [5.41, 5.74) is 0.387. The van der Waals surface area contributed by atoms with Gasteiger partial charge in [-0.05, 0) is 35.0 Å². The van der Waals surface area contributed by atoms with Crippen LogP contribution in [-0.4, -0.2) is 17.6 Å². The molecule has 1 atom stereocenters. The molecule has 1 unspecified atom stereocenters. The second-order valence-electron chi connectivity index (χ2n) is 2.68. The van der Waals surface area contributed by atoms with Gasteiger partial charge in [0.25, 0.3) is 0 Å². The van der Waals surface area contributed by atoms with Crippen molar-refractivity contribution in [1.82, 2.24) is 4.98 Å². The maximum atomic E-state index is 11.4. The van der Waals surface area contributed by atoms with Crippen molar-refractivity contribution in [1.29, 1.82) is 5.26 Å². The molecule has 0 spiro atoms. The number of hydrogen-bond acceptors (Lipinski definition) is 4. The van der Waals surface area contributed by atoms with Gasteiger partial charge in [0.2, 0.25) is 0 Å². The number of carbonyl (C=O) groups excluding carboxylic acids is 1. The van der Waals surface area contributed by atoms with E-state index in [1.807, 2.05) is 6.07 Å². The van der Waals surface area contributed by atoms with Crippen molar-refractivity contribution in [2.24, 2.45) is 0 Å². The molecule has 0 fully saturated rings. The van der Waals surface area contributed by atoms with Gasteiger partial charge in [-0.1, -0.05) is 0 Å². The zero-order chi connectivity index (χ0) is 11.3. The van der Waals surface area contributed by atoms with Crippen molar-refractivity contribution in [2.45, 2.75) is 12.8 Å². The van der Waals surface area contributed by atoms with Crippen molar-refractivity contribution in [3.63, 3.8) is 0 Å². The van der Waals surface area contributed by atoms with Gasteiger partial charge in [-0.25, -0.2) is 0 Å². The minimum atomic E-state index is -0.972. The molecule has 1 rings (SSSR count). The summed E-state index contributed by atoms with van der Waals surface area (Å²) in [6.45, 7) is 1.95. The van der Waals surface area contributed by atoms with Gasteiger partial charge in [-0.3, -0.25) is 9.78 Å². The third kappa shape index (κ3) is 2.77. The van der Waals surface area contributed by atoms with Crippen LogP contribution in [-0.2, 0) is 9.53 Å². The lowest BCUT2D eigenvalue weighted by Gasteiger charge is -2.08. The molecule has 1 aromatic heterocycles. The summed E-state index contributed by atoms with van der Waals surface area (Å²) >= 11 is 3.24. The number of rotatable bonds is 3. The number of nitrogens with zero attached hydrogens (tertiary/aromatic N) is 2. The predicted molar refractivity (Wildman–Crippen MR) is 56.9 cm³/mol. The normalized spacial score (nSPS) is 11.5. The second kappa shape index (κ2) is 5.47. The largest absolute Gasteiger partial charge is 0.465 e. The van der Waals surface area contributed by atoms with E-state index in [2.05, 4.69) is 20.9 Å². The Morgan fingerprint density at radius 3 is 3.07 bits per heavy atom. The number of pyridine rings is 1. The standard InChI is InChI=1S/C10H9BrN2O2/c1-2-15-10(14)7(6-12)9-8(11)4-3-5-13-9/h3-5,7H,2H2,1H3. The van der Waals surface area contributed by atoms with Crippen molar-refractivity contribution < 1.29 is 9.53 Å². The van der Waals surface area contributed by atoms with Crippen LogP contribution >= 0.6 is 15.9 Å². The van der Waals surface area contributed by atoms with Crippen molar-refractivity contribution in [3.05, 3.63) is 28.5 Å². The van der Waals surface area contributed by atoms with E-state index in [0.717, 1.165) is 0 Å². The van der Waals surface area contributed by atoms with E-state index in [1.54, 1.807) is 19.1 Å².